The Morgan fingerprint density at radius 3 is 2.83 bits per heavy atom. The molecule has 18 heavy (non-hydrogen) atoms. The third kappa shape index (κ3) is 2.32. The lowest BCUT2D eigenvalue weighted by Gasteiger charge is -2.25. The molecule has 5 heteroatoms. The van der Waals surface area contributed by atoms with Gasteiger partial charge in [-0.05, 0) is 47.5 Å². The van der Waals surface area contributed by atoms with Crippen LogP contribution >= 0.6 is 27.5 Å². The molecule has 0 saturated carbocycles. The van der Waals surface area contributed by atoms with E-state index in [0.717, 1.165) is 15.7 Å². The molecule has 2 aromatic rings. The van der Waals surface area contributed by atoms with Crippen molar-refractivity contribution in [2.45, 2.75) is 26.0 Å². The number of halogens is 2. The lowest BCUT2D eigenvalue weighted by Crippen LogP contribution is -2.27. The van der Waals surface area contributed by atoms with Crippen molar-refractivity contribution in [1.82, 2.24) is 9.78 Å². The number of nitrogens with zero attached hydrogens (tertiary/aromatic N) is 2. The van der Waals surface area contributed by atoms with Gasteiger partial charge in [-0.3, -0.25) is 4.68 Å². The molecule has 1 aromatic heterocycles. The molecule has 2 rings (SSSR count). The van der Waals surface area contributed by atoms with E-state index >= 15 is 0 Å². The molecule has 1 unspecified atom stereocenters. The molecule has 0 spiro atoms. The smallest absolute Gasteiger partial charge is 0.129 e. The van der Waals surface area contributed by atoms with Crippen LogP contribution in [0.25, 0.3) is 0 Å². The zero-order valence-electron chi connectivity index (χ0n) is 10.2. The summed E-state index contributed by atoms with van der Waals surface area (Å²) < 4.78 is 2.56. The van der Waals surface area contributed by atoms with Crippen LogP contribution in [0.2, 0.25) is 5.02 Å². The van der Waals surface area contributed by atoms with E-state index in [1.165, 1.54) is 0 Å². The topological polar surface area (TPSA) is 38.0 Å². The Hall–Kier alpha value is -0.840. The van der Waals surface area contributed by atoms with E-state index in [-0.39, 0.29) is 0 Å². The zero-order chi connectivity index (χ0) is 13.3. The Labute approximate surface area is 120 Å². The van der Waals surface area contributed by atoms with Crippen LogP contribution < -0.4 is 0 Å². The number of benzene rings is 1. The number of rotatable bonds is 3. The summed E-state index contributed by atoms with van der Waals surface area (Å²) in [7, 11) is 0. The fourth-order valence-corrected chi connectivity index (χ4v) is 2.89. The van der Waals surface area contributed by atoms with Gasteiger partial charge in [0.25, 0.3) is 0 Å². The molecule has 0 radical (unpaired) electrons. The molecule has 0 aliphatic heterocycles. The van der Waals surface area contributed by atoms with Crippen molar-refractivity contribution in [3.8, 4) is 0 Å². The number of aliphatic hydroxyl groups is 1. The van der Waals surface area contributed by atoms with Gasteiger partial charge >= 0.3 is 0 Å². The molecule has 0 aliphatic carbocycles. The van der Waals surface area contributed by atoms with E-state index in [0.29, 0.717) is 11.6 Å². The molecule has 0 aliphatic rings. The van der Waals surface area contributed by atoms with E-state index in [1.54, 1.807) is 29.9 Å². The van der Waals surface area contributed by atoms with Crippen LogP contribution in [0.4, 0.5) is 0 Å². The predicted molar refractivity (Wildman–Crippen MR) is 75.7 cm³/mol. The van der Waals surface area contributed by atoms with Crippen molar-refractivity contribution in [3.63, 3.8) is 0 Å². The molecule has 1 N–H and O–H groups in total. The first-order valence-electron chi connectivity index (χ1n) is 5.67. The fourth-order valence-electron chi connectivity index (χ4n) is 2.01. The van der Waals surface area contributed by atoms with E-state index in [4.69, 9.17) is 11.6 Å². The van der Waals surface area contributed by atoms with E-state index in [1.807, 2.05) is 19.1 Å². The average molecular weight is 330 g/mol. The molecule has 96 valence electrons. The van der Waals surface area contributed by atoms with Gasteiger partial charge in [-0.2, -0.15) is 5.10 Å². The highest BCUT2D eigenvalue weighted by molar-refractivity contribution is 9.10. The summed E-state index contributed by atoms with van der Waals surface area (Å²) in [6.07, 6.45) is 1.69. The molecule has 0 bridgehead atoms. The van der Waals surface area contributed by atoms with Crippen molar-refractivity contribution in [3.05, 3.63) is 51.2 Å². The minimum Gasteiger partial charge on any atom is -0.379 e. The van der Waals surface area contributed by atoms with E-state index < -0.39 is 5.60 Å². The Morgan fingerprint density at radius 1 is 1.50 bits per heavy atom. The van der Waals surface area contributed by atoms with Crippen molar-refractivity contribution in [1.29, 1.82) is 0 Å². The van der Waals surface area contributed by atoms with Crippen LogP contribution in [0, 0.1) is 0 Å². The molecule has 0 amide bonds. The maximum atomic E-state index is 10.8. The first-order valence-corrected chi connectivity index (χ1v) is 6.84. The van der Waals surface area contributed by atoms with Gasteiger partial charge in [-0.1, -0.05) is 23.7 Å². The van der Waals surface area contributed by atoms with Crippen LogP contribution in [0.5, 0.6) is 0 Å². The van der Waals surface area contributed by atoms with Crippen molar-refractivity contribution in [2.24, 2.45) is 0 Å². The van der Waals surface area contributed by atoms with Crippen LogP contribution in [0.15, 0.2) is 34.9 Å². The SMILES string of the molecule is CCn1ncc(Br)c1C(C)(O)c1cccc(Cl)c1. The number of hydrogen-bond donors (Lipinski definition) is 1. The number of hydrogen-bond acceptors (Lipinski definition) is 2. The number of aromatic nitrogens is 2. The summed E-state index contributed by atoms with van der Waals surface area (Å²) in [5.41, 5.74) is 0.328. The van der Waals surface area contributed by atoms with Gasteiger partial charge in [0.05, 0.1) is 16.4 Å². The van der Waals surface area contributed by atoms with Crippen molar-refractivity contribution >= 4 is 27.5 Å². The fraction of sp³-hybridized carbons (Fsp3) is 0.308. The second-order valence-corrected chi connectivity index (χ2v) is 5.53. The van der Waals surface area contributed by atoms with E-state index in [2.05, 4.69) is 21.0 Å². The van der Waals surface area contributed by atoms with Gasteiger partial charge in [0, 0.05) is 11.6 Å². The van der Waals surface area contributed by atoms with Crippen molar-refractivity contribution in [2.75, 3.05) is 0 Å². The third-order valence-corrected chi connectivity index (χ3v) is 3.76. The van der Waals surface area contributed by atoms with Crippen LogP contribution in [-0.2, 0) is 12.1 Å². The normalized spacial score (nSPS) is 14.5. The maximum Gasteiger partial charge on any atom is 0.129 e. The maximum absolute atomic E-state index is 10.8. The molecule has 1 heterocycles. The minimum absolute atomic E-state index is 0.603. The molecule has 1 aromatic carbocycles. The summed E-state index contributed by atoms with van der Waals surface area (Å²) in [5.74, 6) is 0. The first kappa shape index (κ1) is 13.6. The first-order chi connectivity index (χ1) is 8.46. The largest absolute Gasteiger partial charge is 0.379 e. The Bertz CT molecular complexity index is 566. The van der Waals surface area contributed by atoms with Crippen LogP contribution in [0.3, 0.4) is 0 Å². The summed E-state index contributed by atoms with van der Waals surface area (Å²) >= 11 is 9.41. The minimum atomic E-state index is -1.14. The van der Waals surface area contributed by atoms with Gasteiger partial charge in [-0.15, -0.1) is 0 Å². The van der Waals surface area contributed by atoms with Gasteiger partial charge in [0.2, 0.25) is 0 Å². The summed E-state index contributed by atoms with van der Waals surface area (Å²) in [6, 6.07) is 7.23. The highest BCUT2D eigenvalue weighted by atomic mass is 79.9. The third-order valence-electron chi connectivity index (χ3n) is 2.94. The molecule has 0 fully saturated rings. The molecule has 3 nitrogen and oxygen atoms in total. The highest BCUT2D eigenvalue weighted by Gasteiger charge is 2.31. The Balaban J connectivity index is 2.57. The Kier molecular flexibility index (Phi) is 3.80. The van der Waals surface area contributed by atoms with Gasteiger partial charge in [-0.25, -0.2) is 0 Å². The zero-order valence-corrected chi connectivity index (χ0v) is 12.5. The van der Waals surface area contributed by atoms with Crippen LogP contribution in [0.1, 0.15) is 25.1 Å². The van der Waals surface area contributed by atoms with Crippen LogP contribution in [-0.4, -0.2) is 14.9 Å². The summed E-state index contributed by atoms with van der Waals surface area (Å²) in [4.78, 5) is 0. The summed E-state index contributed by atoms with van der Waals surface area (Å²) in [5, 5.41) is 15.6. The predicted octanol–water partition coefficient (Wildman–Crippen LogP) is 3.57. The standard InChI is InChI=1S/C13H14BrClN2O/c1-3-17-12(11(14)8-16-17)13(2,18)9-5-4-6-10(15)7-9/h4-8,18H,3H2,1-2H3. The van der Waals surface area contributed by atoms with Gasteiger partial charge in [0.15, 0.2) is 0 Å². The Morgan fingerprint density at radius 2 is 2.22 bits per heavy atom. The lowest BCUT2D eigenvalue weighted by molar-refractivity contribution is 0.0910. The second kappa shape index (κ2) is 5.03. The lowest BCUT2D eigenvalue weighted by atomic mass is 9.92. The average Bonchev–Trinajstić information content (AvgIpc) is 2.71. The monoisotopic (exact) mass is 328 g/mol. The molecule has 0 saturated heterocycles. The van der Waals surface area contributed by atoms with Crippen molar-refractivity contribution < 1.29 is 5.11 Å². The molecule has 1 atom stereocenters. The summed E-state index contributed by atoms with van der Waals surface area (Å²) in [6.45, 7) is 4.42. The molecular weight excluding hydrogens is 316 g/mol. The van der Waals surface area contributed by atoms with Gasteiger partial charge in [0.1, 0.15) is 5.60 Å². The van der Waals surface area contributed by atoms with Gasteiger partial charge < -0.3 is 5.11 Å². The second-order valence-electron chi connectivity index (χ2n) is 4.24. The highest BCUT2D eigenvalue weighted by Crippen LogP contribution is 2.34. The molecular formula is C13H14BrClN2O. The number of aryl methyl sites for hydroxylation is 1. The quantitative estimate of drug-likeness (QED) is 0.935. The van der Waals surface area contributed by atoms with E-state index in [9.17, 15) is 5.11 Å².